The highest BCUT2D eigenvalue weighted by atomic mass is 19.1. The van der Waals surface area contributed by atoms with Gasteiger partial charge in [0, 0.05) is 24.6 Å². The van der Waals surface area contributed by atoms with Crippen molar-refractivity contribution in [2.24, 2.45) is 5.41 Å². The summed E-state index contributed by atoms with van der Waals surface area (Å²) in [6, 6.07) is 6.96. The van der Waals surface area contributed by atoms with Crippen LogP contribution in [0, 0.1) is 11.2 Å². The lowest BCUT2D eigenvalue weighted by Crippen LogP contribution is -2.41. The molecule has 2 N–H and O–H groups in total. The Morgan fingerprint density at radius 2 is 1.79 bits per heavy atom. The lowest BCUT2D eigenvalue weighted by molar-refractivity contribution is 0.110. The third kappa shape index (κ3) is 4.92. The molecule has 19 heavy (non-hydrogen) atoms. The molecule has 0 amide bonds. The molecular weight excluding hydrogens is 241 g/mol. The lowest BCUT2D eigenvalue weighted by atomic mass is 9.83. The topological polar surface area (TPSA) is 32.3 Å². The van der Waals surface area contributed by atoms with E-state index >= 15 is 0 Å². The number of rotatable bonds is 8. The van der Waals surface area contributed by atoms with Gasteiger partial charge in [0.1, 0.15) is 5.82 Å². The molecule has 0 saturated carbocycles. The highest BCUT2D eigenvalue weighted by Gasteiger charge is 2.25. The van der Waals surface area contributed by atoms with Gasteiger partial charge in [-0.1, -0.05) is 26.0 Å². The maximum Gasteiger partial charge on any atom is 0.123 e. The average molecular weight is 267 g/mol. The largest absolute Gasteiger partial charge is 0.396 e. The molecule has 1 unspecified atom stereocenters. The molecule has 0 saturated heterocycles. The van der Waals surface area contributed by atoms with Crippen LogP contribution in [0.3, 0.4) is 0 Å². The molecule has 0 spiro atoms. The summed E-state index contributed by atoms with van der Waals surface area (Å²) >= 11 is 0. The van der Waals surface area contributed by atoms with Crippen LogP contribution < -0.4 is 5.32 Å². The van der Waals surface area contributed by atoms with E-state index in [1.807, 2.05) is 12.1 Å². The third-order valence-electron chi connectivity index (χ3n) is 4.12. The van der Waals surface area contributed by atoms with Crippen molar-refractivity contribution in [2.45, 2.75) is 46.1 Å². The van der Waals surface area contributed by atoms with Gasteiger partial charge in [-0.25, -0.2) is 4.39 Å². The van der Waals surface area contributed by atoms with Crippen molar-refractivity contribution >= 4 is 0 Å². The van der Waals surface area contributed by atoms with Gasteiger partial charge in [-0.3, -0.25) is 0 Å². The van der Waals surface area contributed by atoms with E-state index in [1.165, 1.54) is 12.1 Å². The zero-order valence-electron chi connectivity index (χ0n) is 12.2. The van der Waals surface area contributed by atoms with Crippen LogP contribution in [0.1, 0.15) is 39.2 Å². The van der Waals surface area contributed by atoms with Crippen LogP contribution in [0.15, 0.2) is 24.3 Å². The summed E-state index contributed by atoms with van der Waals surface area (Å²) in [5.41, 5.74) is 1.11. The molecule has 0 aliphatic rings. The summed E-state index contributed by atoms with van der Waals surface area (Å²) < 4.78 is 12.8. The van der Waals surface area contributed by atoms with E-state index in [-0.39, 0.29) is 17.8 Å². The minimum absolute atomic E-state index is 0.0168. The molecular formula is C16H26FNO. The van der Waals surface area contributed by atoms with Crippen molar-refractivity contribution < 1.29 is 9.50 Å². The Balaban J connectivity index is 2.47. The highest BCUT2D eigenvalue weighted by molar-refractivity contribution is 5.17. The van der Waals surface area contributed by atoms with Crippen LogP contribution in [-0.2, 0) is 6.42 Å². The molecule has 1 aromatic carbocycles. The Hall–Kier alpha value is -0.930. The van der Waals surface area contributed by atoms with Gasteiger partial charge in [-0.15, -0.1) is 0 Å². The Morgan fingerprint density at radius 1 is 1.21 bits per heavy atom. The number of aliphatic hydroxyl groups is 1. The van der Waals surface area contributed by atoms with E-state index in [4.69, 9.17) is 0 Å². The molecule has 0 aliphatic heterocycles. The van der Waals surface area contributed by atoms with Crippen LogP contribution in [0.2, 0.25) is 0 Å². The molecule has 1 rings (SSSR count). The van der Waals surface area contributed by atoms with E-state index in [1.54, 1.807) is 0 Å². The van der Waals surface area contributed by atoms with Crippen LogP contribution in [0.25, 0.3) is 0 Å². The van der Waals surface area contributed by atoms with Crippen molar-refractivity contribution in [2.75, 3.05) is 13.2 Å². The fourth-order valence-electron chi connectivity index (χ4n) is 2.22. The third-order valence-corrected chi connectivity index (χ3v) is 4.12. The summed E-state index contributed by atoms with van der Waals surface area (Å²) in [6.45, 7) is 7.39. The number of hydrogen-bond donors (Lipinski definition) is 2. The Labute approximate surface area is 116 Å². The van der Waals surface area contributed by atoms with Crippen LogP contribution >= 0.6 is 0 Å². The maximum atomic E-state index is 12.8. The second-order valence-electron chi connectivity index (χ2n) is 5.48. The summed E-state index contributed by atoms with van der Waals surface area (Å²) in [5, 5.41) is 13.0. The molecule has 1 aromatic rings. The number of benzene rings is 1. The number of halogens is 1. The van der Waals surface area contributed by atoms with Crippen molar-refractivity contribution in [1.29, 1.82) is 0 Å². The zero-order chi connectivity index (χ0) is 14.3. The minimum Gasteiger partial charge on any atom is -0.396 e. The van der Waals surface area contributed by atoms with Crippen LogP contribution in [-0.4, -0.2) is 24.3 Å². The Kier molecular flexibility index (Phi) is 6.46. The SMILES string of the molecule is CCC(CC)(CO)CNC(C)Cc1ccc(F)cc1. The molecule has 3 heteroatoms. The number of hydrogen-bond acceptors (Lipinski definition) is 2. The molecule has 0 heterocycles. The predicted octanol–water partition coefficient (Wildman–Crippen LogP) is 3.15. The Morgan fingerprint density at radius 3 is 2.26 bits per heavy atom. The summed E-state index contributed by atoms with van der Waals surface area (Å²) in [7, 11) is 0. The average Bonchev–Trinajstić information content (AvgIpc) is 2.44. The maximum absolute atomic E-state index is 12.8. The molecule has 0 aromatic heterocycles. The molecule has 0 radical (unpaired) electrons. The molecule has 108 valence electrons. The minimum atomic E-state index is -0.194. The Bertz CT molecular complexity index is 351. The van der Waals surface area contributed by atoms with Gasteiger partial charge in [-0.05, 0) is 43.9 Å². The van der Waals surface area contributed by atoms with Gasteiger partial charge in [-0.2, -0.15) is 0 Å². The second kappa shape index (κ2) is 7.61. The number of aliphatic hydroxyl groups excluding tert-OH is 1. The summed E-state index contributed by atoms with van der Waals surface area (Å²) in [5.74, 6) is -0.194. The normalized spacial score (nSPS) is 13.5. The van der Waals surface area contributed by atoms with Gasteiger partial charge in [0.05, 0.1) is 0 Å². The molecule has 0 bridgehead atoms. The molecule has 2 nitrogen and oxygen atoms in total. The van der Waals surface area contributed by atoms with E-state index in [0.717, 1.165) is 31.4 Å². The monoisotopic (exact) mass is 267 g/mol. The lowest BCUT2D eigenvalue weighted by Gasteiger charge is -2.31. The van der Waals surface area contributed by atoms with Crippen molar-refractivity contribution in [3.8, 4) is 0 Å². The first kappa shape index (κ1) is 16.1. The first-order chi connectivity index (χ1) is 9.05. The van der Waals surface area contributed by atoms with Gasteiger partial charge < -0.3 is 10.4 Å². The van der Waals surface area contributed by atoms with Gasteiger partial charge in [0.15, 0.2) is 0 Å². The summed E-state index contributed by atoms with van der Waals surface area (Å²) in [6.07, 6.45) is 2.81. The van der Waals surface area contributed by atoms with E-state index in [0.29, 0.717) is 6.04 Å². The standard InChI is InChI=1S/C16H26FNO/c1-4-16(5-2,12-19)11-18-13(3)10-14-6-8-15(17)9-7-14/h6-9,13,18-19H,4-5,10-12H2,1-3H3. The fourth-order valence-corrected chi connectivity index (χ4v) is 2.22. The first-order valence-electron chi connectivity index (χ1n) is 7.14. The van der Waals surface area contributed by atoms with Crippen molar-refractivity contribution in [3.05, 3.63) is 35.6 Å². The van der Waals surface area contributed by atoms with E-state index in [9.17, 15) is 9.50 Å². The zero-order valence-corrected chi connectivity index (χ0v) is 12.2. The molecule has 1 atom stereocenters. The van der Waals surface area contributed by atoms with Gasteiger partial charge >= 0.3 is 0 Å². The second-order valence-corrected chi connectivity index (χ2v) is 5.48. The van der Waals surface area contributed by atoms with Gasteiger partial charge in [0.25, 0.3) is 0 Å². The smallest absolute Gasteiger partial charge is 0.123 e. The van der Waals surface area contributed by atoms with E-state index in [2.05, 4.69) is 26.1 Å². The number of nitrogens with one attached hydrogen (secondary N) is 1. The van der Waals surface area contributed by atoms with E-state index < -0.39 is 0 Å². The quantitative estimate of drug-likeness (QED) is 0.758. The fraction of sp³-hybridized carbons (Fsp3) is 0.625. The first-order valence-corrected chi connectivity index (χ1v) is 7.14. The summed E-state index contributed by atoms with van der Waals surface area (Å²) in [4.78, 5) is 0. The van der Waals surface area contributed by atoms with Crippen LogP contribution in [0.5, 0.6) is 0 Å². The van der Waals surface area contributed by atoms with Gasteiger partial charge in [0.2, 0.25) is 0 Å². The molecule has 0 fully saturated rings. The molecule has 0 aliphatic carbocycles. The van der Waals surface area contributed by atoms with Crippen LogP contribution in [0.4, 0.5) is 4.39 Å². The highest BCUT2D eigenvalue weighted by Crippen LogP contribution is 2.24. The van der Waals surface area contributed by atoms with Crippen molar-refractivity contribution in [1.82, 2.24) is 5.32 Å². The van der Waals surface area contributed by atoms with Crippen molar-refractivity contribution in [3.63, 3.8) is 0 Å². The predicted molar refractivity (Wildman–Crippen MR) is 77.7 cm³/mol.